The van der Waals surface area contributed by atoms with Gasteiger partial charge < -0.3 is 0 Å². The number of fused-ring (bicyclic) bond motifs is 3. The van der Waals surface area contributed by atoms with Crippen LogP contribution >= 0.6 is 22.9 Å². The van der Waals surface area contributed by atoms with Gasteiger partial charge in [-0.2, -0.15) is 0 Å². The largest absolute Gasteiger partial charge is 0.265 e. The molecular weight excluding hydrogens is 278 g/mol. The van der Waals surface area contributed by atoms with Crippen molar-refractivity contribution in [3.8, 4) is 11.4 Å². The van der Waals surface area contributed by atoms with Gasteiger partial charge in [0.2, 0.25) is 4.96 Å². The van der Waals surface area contributed by atoms with Gasteiger partial charge >= 0.3 is 0 Å². The van der Waals surface area contributed by atoms with Gasteiger partial charge in [0.05, 0.1) is 10.2 Å². The van der Waals surface area contributed by atoms with Crippen LogP contribution in [0, 0.1) is 0 Å². The van der Waals surface area contributed by atoms with Gasteiger partial charge in [0.1, 0.15) is 0 Å². The fourth-order valence-electron chi connectivity index (χ4n) is 2.17. The molecule has 0 aliphatic rings. The highest BCUT2D eigenvalue weighted by molar-refractivity contribution is 7.23. The maximum absolute atomic E-state index is 5.92. The molecule has 0 spiro atoms. The molecule has 4 rings (SSSR count). The molecule has 19 heavy (non-hydrogen) atoms. The van der Waals surface area contributed by atoms with Crippen LogP contribution < -0.4 is 0 Å². The first-order chi connectivity index (χ1) is 9.33. The molecule has 0 fully saturated rings. The van der Waals surface area contributed by atoms with E-state index >= 15 is 0 Å². The van der Waals surface area contributed by atoms with E-state index in [2.05, 4.69) is 26.7 Å². The van der Waals surface area contributed by atoms with Crippen LogP contribution in [0.2, 0.25) is 5.02 Å². The number of benzene rings is 2. The van der Waals surface area contributed by atoms with Crippen molar-refractivity contribution < 1.29 is 0 Å². The van der Waals surface area contributed by atoms with Gasteiger partial charge in [0.15, 0.2) is 5.82 Å². The van der Waals surface area contributed by atoms with Crippen molar-refractivity contribution in [3.05, 3.63) is 53.6 Å². The maximum atomic E-state index is 5.92. The summed E-state index contributed by atoms with van der Waals surface area (Å²) in [4.78, 5) is 0.908. The lowest BCUT2D eigenvalue weighted by Gasteiger charge is -1.99. The first-order valence-electron chi connectivity index (χ1n) is 5.81. The molecule has 4 aromatic rings. The highest BCUT2D eigenvalue weighted by atomic mass is 35.5. The second kappa shape index (κ2) is 4.05. The number of para-hydroxylation sites is 1. The first-order valence-corrected chi connectivity index (χ1v) is 7.01. The smallest absolute Gasteiger partial charge is 0.217 e. The summed E-state index contributed by atoms with van der Waals surface area (Å²) in [7, 11) is 0. The Labute approximate surface area is 118 Å². The fraction of sp³-hybridized carbons (Fsp3) is 0. The molecule has 92 valence electrons. The van der Waals surface area contributed by atoms with Gasteiger partial charge in [-0.15, -0.1) is 10.2 Å². The first kappa shape index (κ1) is 11.0. The van der Waals surface area contributed by atoms with Crippen LogP contribution in [-0.4, -0.2) is 14.6 Å². The zero-order chi connectivity index (χ0) is 12.8. The Hall–Kier alpha value is -1.91. The Morgan fingerprint density at radius 3 is 2.58 bits per heavy atom. The standard InChI is InChI=1S/C14H8ClN3S/c15-10-7-5-9(6-8-10)13-16-17-14-18(13)11-3-1-2-4-12(11)19-14/h1-8H. The summed E-state index contributed by atoms with van der Waals surface area (Å²) in [6.45, 7) is 0. The van der Waals surface area contributed by atoms with Gasteiger partial charge in [0, 0.05) is 10.6 Å². The molecule has 0 radical (unpaired) electrons. The van der Waals surface area contributed by atoms with Crippen LogP contribution in [0.1, 0.15) is 0 Å². The second-order valence-electron chi connectivity index (χ2n) is 4.22. The molecule has 2 aromatic heterocycles. The third-order valence-corrected chi connectivity index (χ3v) is 4.31. The zero-order valence-electron chi connectivity index (χ0n) is 9.75. The molecule has 0 atom stereocenters. The van der Waals surface area contributed by atoms with E-state index in [4.69, 9.17) is 11.6 Å². The van der Waals surface area contributed by atoms with E-state index in [1.54, 1.807) is 11.3 Å². The maximum Gasteiger partial charge on any atom is 0.217 e. The number of aromatic nitrogens is 3. The molecule has 3 nitrogen and oxygen atoms in total. The van der Waals surface area contributed by atoms with Crippen molar-refractivity contribution in [1.82, 2.24) is 14.6 Å². The second-order valence-corrected chi connectivity index (χ2v) is 5.66. The molecular formula is C14H8ClN3S. The number of thiazole rings is 1. The number of halogens is 1. The molecule has 0 aliphatic heterocycles. The summed E-state index contributed by atoms with van der Waals surface area (Å²) >= 11 is 7.57. The van der Waals surface area contributed by atoms with Crippen LogP contribution in [-0.2, 0) is 0 Å². The SMILES string of the molecule is Clc1ccc(-c2nnc3sc4ccccc4n23)cc1. The number of hydrogen-bond acceptors (Lipinski definition) is 3. The average Bonchev–Trinajstić information content (AvgIpc) is 2.98. The van der Waals surface area contributed by atoms with Crippen LogP contribution in [0.15, 0.2) is 48.5 Å². The molecule has 0 N–H and O–H groups in total. The lowest BCUT2D eigenvalue weighted by molar-refractivity contribution is 1.12. The summed E-state index contributed by atoms with van der Waals surface area (Å²) in [5.41, 5.74) is 2.15. The molecule has 2 heterocycles. The van der Waals surface area contributed by atoms with Crippen molar-refractivity contribution >= 4 is 38.1 Å². The Morgan fingerprint density at radius 1 is 0.947 bits per heavy atom. The molecule has 5 heteroatoms. The molecule has 0 saturated carbocycles. The third kappa shape index (κ3) is 1.64. The van der Waals surface area contributed by atoms with E-state index in [0.29, 0.717) is 0 Å². The molecule has 0 amide bonds. The Bertz CT molecular complexity index is 877. The van der Waals surface area contributed by atoms with Gasteiger partial charge in [-0.05, 0) is 36.4 Å². The quantitative estimate of drug-likeness (QED) is 0.523. The summed E-state index contributed by atoms with van der Waals surface area (Å²) in [6.07, 6.45) is 0. The van der Waals surface area contributed by atoms with Crippen molar-refractivity contribution in [1.29, 1.82) is 0 Å². The van der Waals surface area contributed by atoms with E-state index in [0.717, 1.165) is 26.9 Å². The molecule has 2 aromatic carbocycles. The lowest BCUT2D eigenvalue weighted by atomic mass is 10.2. The Kier molecular flexibility index (Phi) is 2.33. The summed E-state index contributed by atoms with van der Waals surface area (Å²) < 4.78 is 3.30. The topological polar surface area (TPSA) is 30.2 Å². The van der Waals surface area contributed by atoms with E-state index in [9.17, 15) is 0 Å². The monoisotopic (exact) mass is 285 g/mol. The van der Waals surface area contributed by atoms with E-state index in [1.165, 1.54) is 4.70 Å². The molecule has 0 bridgehead atoms. The zero-order valence-corrected chi connectivity index (χ0v) is 11.3. The molecule has 0 aliphatic carbocycles. The molecule has 0 unspecified atom stereocenters. The van der Waals surface area contributed by atoms with Crippen LogP contribution in [0.25, 0.3) is 26.6 Å². The Balaban J connectivity index is 2.06. The predicted molar refractivity (Wildman–Crippen MR) is 78.8 cm³/mol. The predicted octanol–water partition coefficient (Wildman–Crippen LogP) is 4.26. The van der Waals surface area contributed by atoms with Crippen molar-refractivity contribution in [3.63, 3.8) is 0 Å². The minimum Gasteiger partial charge on any atom is -0.265 e. The van der Waals surface area contributed by atoms with Gasteiger partial charge in [-0.25, -0.2) is 0 Å². The molecule has 0 saturated heterocycles. The van der Waals surface area contributed by atoms with Gasteiger partial charge in [0.25, 0.3) is 0 Å². The third-order valence-electron chi connectivity index (χ3n) is 3.04. The van der Waals surface area contributed by atoms with Gasteiger partial charge in [-0.3, -0.25) is 4.40 Å². The summed E-state index contributed by atoms with van der Waals surface area (Å²) in [6, 6.07) is 15.9. The summed E-state index contributed by atoms with van der Waals surface area (Å²) in [5, 5.41) is 9.26. The minimum absolute atomic E-state index is 0.722. The van der Waals surface area contributed by atoms with Gasteiger partial charge in [-0.1, -0.05) is 35.1 Å². The minimum atomic E-state index is 0.722. The normalized spacial score (nSPS) is 11.4. The number of nitrogens with zero attached hydrogens (tertiary/aromatic N) is 3. The Morgan fingerprint density at radius 2 is 1.74 bits per heavy atom. The van der Waals surface area contributed by atoms with E-state index in [1.807, 2.05) is 36.4 Å². The van der Waals surface area contributed by atoms with Crippen LogP contribution in [0.4, 0.5) is 0 Å². The average molecular weight is 286 g/mol. The lowest BCUT2D eigenvalue weighted by Crippen LogP contribution is -1.87. The van der Waals surface area contributed by atoms with Crippen LogP contribution in [0.3, 0.4) is 0 Å². The highest BCUT2D eigenvalue weighted by Gasteiger charge is 2.13. The van der Waals surface area contributed by atoms with Crippen molar-refractivity contribution in [2.24, 2.45) is 0 Å². The summed E-state index contributed by atoms with van der Waals surface area (Å²) in [5.74, 6) is 0.851. The number of rotatable bonds is 1. The van der Waals surface area contributed by atoms with Crippen LogP contribution in [0.5, 0.6) is 0 Å². The highest BCUT2D eigenvalue weighted by Crippen LogP contribution is 2.30. The van der Waals surface area contributed by atoms with E-state index < -0.39 is 0 Å². The van der Waals surface area contributed by atoms with Crippen molar-refractivity contribution in [2.45, 2.75) is 0 Å². The fourth-order valence-corrected chi connectivity index (χ4v) is 3.26. The van der Waals surface area contributed by atoms with E-state index in [-0.39, 0.29) is 0 Å². The van der Waals surface area contributed by atoms with Crippen molar-refractivity contribution in [2.75, 3.05) is 0 Å². The number of hydrogen-bond donors (Lipinski definition) is 0.